The molecule has 1 aromatic heterocycles. The SMILES string of the molecule is COC(=O)CCc1cncn1Cc1ccc(C(=O)OC)cc1. The van der Waals surface area contributed by atoms with Crippen LogP contribution in [0.2, 0.25) is 0 Å². The van der Waals surface area contributed by atoms with E-state index in [2.05, 4.69) is 14.5 Å². The minimum absolute atomic E-state index is 0.241. The van der Waals surface area contributed by atoms with Crippen LogP contribution in [0.3, 0.4) is 0 Å². The molecule has 0 bridgehead atoms. The number of ether oxygens (including phenoxy) is 2. The normalized spacial score (nSPS) is 10.3. The van der Waals surface area contributed by atoms with Crippen LogP contribution in [-0.4, -0.2) is 35.7 Å². The molecule has 0 N–H and O–H groups in total. The van der Waals surface area contributed by atoms with Gasteiger partial charge in [-0.1, -0.05) is 12.1 Å². The molecule has 0 atom stereocenters. The summed E-state index contributed by atoms with van der Waals surface area (Å²) in [5.41, 5.74) is 2.51. The number of nitrogens with zero attached hydrogens (tertiary/aromatic N) is 2. The van der Waals surface area contributed by atoms with Crippen LogP contribution < -0.4 is 0 Å². The van der Waals surface area contributed by atoms with Crippen molar-refractivity contribution in [3.63, 3.8) is 0 Å². The predicted octanol–water partition coefficient (Wildman–Crippen LogP) is 1.82. The Morgan fingerprint density at radius 2 is 1.86 bits per heavy atom. The van der Waals surface area contributed by atoms with Gasteiger partial charge in [-0.2, -0.15) is 0 Å². The lowest BCUT2D eigenvalue weighted by atomic mass is 10.1. The van der Waals surface area contributed by atoms with E-state index < -0.39 is 0 Å². The monoisotopic (exact) mass is 302 g/mol. The molecule has 0 saturated heterocycles. The van der Waals surface area contributed by atoms with E-state index in [4.69, 9.17) is 0 Å². The van der Waals surface area contributed by atoms with Gasteiger partial charge >= 0.3 is 11.9 Å². The summed E-state index contributed by atoms with van der Waals surface area (Å²) >= 11 is 0. The molecular weight excluding hydrogens is 284 g/mol. The second kappa shape index (κ2) is 7.40. The fourth-order valence-corrected chi connectivity index (χ4v) is 2.09. The van der Waals surface area contributed by atoms with Crippen LogP contribution in [0.4, 0.5) is 0 Å². The van der Waals surface area contributed by atoms with E-state index in [-0.39, 0.29) is 11.9 Å². The maximum Gasteiger partial charge on any atom is 0.337 e. The Morgan fingerprint density at radius 3 is 2.50 bits per heavy atom. The number of imidazole rings is 1. The first-order chi connectivity index (χ1) is 10.6. The summed E-state index contributed by atoms with van der Waals surface area (Å²) in [6.07, 6.45) is 4.36. The number of carbonyl (C=O) groups excluding carboxylic acids is 2. The average molecular weight is 302 g/mol. The topological polar surface area (TPSA) is 70.4 Å². The second-order valence-electron chi connectivity index (χ2n) is 4.78. The number of esters is 2. The number of methoxy groups -OCH3 is 2. The summed E-state index contributed by atoms with van der Waals surface area (Å²) in [6.45, 7) is 0.623. The molecule has 0 saturated carbocycles. The highest BCUT2D eigenvalue weighted by atomic mass is 16.5. The highest BCUT2D eigenvalue weighted by molar-refractivity contribution is 5.89. The van der Waals surface area contributed by atoms with Gasteiger partial charge in [0.15, 0.2) is 0 Å². The molecule has 1 heterocycles. The van der Waals surface area contributed by atoms with Gasteiger partial charge in [0, 0.05) is 18.4 Å². The van der Waals surface area contributed by atoms with Crippen LogP contribution >= 0.6 is 0 Å². The Kier molecular flexibility index (Phi) is 5.30. The van der Waals surface area contributed by atoms with Crippen LogP contribution in [0.1, 0.15) is 28.0 Å². The number of hydrogen-bond acceptors (Lipinski definition) is 5. The predicted molar refractivity (Wildman–Crippen MR) is 79.4 cm³/mol. The van der Waals surface area contributed by atoms with Crippen molar-refractivity contribution >= 4 is 11.9 Å². The van der Waals surface area contributed by atoms with Gasteiger partial charge in [0.2, 0.25) is 0 Å². The minimum Gasteiger partial charge on any atom is -0.469 e. The van der Waals surface area contributed by atoms with Crippen LogP contribution in [0.5, 0.6) is 0 Å². The number of aryl methyl sites for hydroxylation is 1. The minimum atomic E-state index is -0.354. The summed E-state index contributed by atoms with van der Waals surface area (Å²) in [5.74, 6) is -0.594. The maximum atomic E-state index is 11.4. The van der Waals surface area contributed by atoms with Crippen LogP contribution in [0.15, 0.2) is 36.8 Å². The Labute approximate surface area is 128 Å². The third-order valence-electron chi connectivity index (χ3n) is 3.34. The molecule has 0 spiro atoms. The first-order valence-corrected chi connectivity index (χ1v) is 6.87. The first-order valence-electron chi connectivity index (χ1n) is 6.87. The molecule has 0 aliphatic carbocycles. The molecule has 2 aromatic rings. The standard InChI is InChI=1S/C16H18N2O4/c1-21-15(19)8-7-14-9-17-11-18(14)10-12-3-5-13(6-4-12)16(20)22-2/h3-6,9,11H,7-8,10H2,1-2H3. The second-order valence-corrected chi connectivity index (χ2v) is 4.78. The summed E-state index contributed by atoms with van der Waals surface area (Å²) in [5, 5.41) is 0. The van der Waals surface area contributed by atoms with Gasteiger partial charge < -0.3 is 14.0 Å². The van der Waals surface area contributed by atoms with Gasteiger partial charge in [-0.3, -0.25) is 4.79 Å². The lowest BCUT2D eigenvalue weighted by Crippen LogP contribution is -2.07. The lowest BCUT2D eigenvalue weighted by Gasteiger charge is -2.08. The first kappa shape index (κ1) is 15.8. The molecule has 0 fully saturated rings. The Morgan fingerprint density at radius 1 is 1.14 bits per heavy atom. The van der Waals surface area contributed by atoms with Gasteiger partial charge in [0.1, 0.15) is 0 Å². The molecule has 2 rings (SSSR count). The van der Waals surface area contributed by atoms with Crippen molar-refractivity contribution in [3.05, 3.63) is 53.6 Å². The quantitative estimate of drug-likeness (QED) is 0.761. The third kappa shape index (κ3) is 3.94. The number of hydrogen-bond donors (Lipinski definition) is 0. The largest absolute Gasteiger partial charge is 0.469 e. The molecule has 6 nitrogen and oxygen atoms in total. The zero-order chi connectivity index (χ0) is 15.9. The number of carbonyl (C=O) groups is 2. The molecule has 116 valence electrons. The van der Waals surface area contributed by atoms with Crippen molar-refractivity contribution in [2.24, 2.45) is 0 Å². The van der Waals surface area contributed by atoms with E-state index in [0.29, 0.717) is 24.9 Å². The van der Waals surface area contributed by atoms with E-state index >= 15 is 0 Å². The van der Waals surface area contributed by atoms with Crippen molar-refractivity contribution in [1.82, 2.24) is 9.55 Å². The number of rotatable bonds is 6. The van der Waals surface area contributed by atoms with Gasteiger partial charge in [-0.05, 0) is 24.1 Å². The van der Waals surface area contributed by atoms with Gasteiger partial charge in [0.05, 0.1) is 32.5 Å². The summed E-state index contributed by atoms with van der Waals surface area (Å²) in [4.78, 5) is 26.7. The van der Waals surface area contributed by atoms with Crippen LogP contribution in [0.25, 0.3) is 0 Å². The van der Waals surface area contributed by atoms with Crippen molar-refractivity contribution in [1.29, 1.82) is 0 Å². The molecule has 0 aliphatic rings. The van der Waals surface area contributed by atoms with E-state index in [1.54, 1.807) is 24.7 Å². The van der Waals surface area contributed by atoms with Crippen molar-refractivity contribution in [2.45, 2.75) is 19.4 Å². The Bertz CT molecular complexity index is 646. The maximum absolute atomic E-state index is 11.4. The summed E-state index contributed by atoms with van der Waals surface area (Å²) in [6, 6.07) is 7.20. The van der Waals surface area contributed by atoms with Gasteiger partial charge in [-0.25, -0.2) is 9.78 Å². The van der Waals surface area contributed by atoms with Gasteiger partial charge in [0.25, 0.3) is 0 Å². The Balaban J connectivity index is 2.03. The zero-order valence-electron chi connectivity index (χ0n) is 12.6. The number of aromatic nitrogens is 2. The summed E-state index contributed by atoms with van der Waals surface area (Å²) in [7, 11) is 2.73. The lowest BCUT2D eigenvalue weighted by molar-refractivity contribution is -0.140. The smallest absolute Gasteiger partial charge is 0.337 e. The number of benzene rings is 1. The van der Waals surface area contributed by atoms with Crippen LogP contribution in [-0.2, 0) is 27.2 Å². The summed E-state index contributed by atoms with van der Waals surface area (Å²) < 4.78 is 11.3. The molecule has 6 heteroatoms. The van der Waals surface area contributed by atoms with E-state index in [1.165, 1.54) is 14.2 Å². The molecular formula is C16H18N2O4. The van der Waals surface area contributed by atoms with E-state index in [0.717, 1.165) is 11.3 Å². The fraction of sp³-hybridized carbons (Fsp3) is 0.312. The van der Waals surface area contributed by atoms with Crippen molar-refractivity contribution < 1.29 is 19.1 Å². The van der Waals surface area contributed by atoms with E-state index in [1.807, 2.05) is 16.7 Å². The van der Waals surface area contributed by atoms with Gasteiger partial charge in [-0.15, -0.1) is 0 Å². The molecule has 22 heavy (non-hydrogen) atoms. The Hall–Kier alpha value is -2.63. The molecule has 0 amide bonds. The third-order valence-corrected chi connectivity index (χ3v) is 3.34. The molecule has 0 aliphatic heterocycles. The molecule has 0 radical (unpaired) electrons. The highest BCUT2D eigenvalue weighted by Crippen LogP contribution is 2.11. The van der Waals surface area contributed by atoms with Crippen molar-refractivity contribution in [3.8, 4) is 0 Å². The van der Waals surface area contributed by atoms with Crippen LogP contribution in [0, 0.1) is 0 Å². The highest BCUT2D eigenvalue weighted by Gasteiger charge is 2.08. The fourth-order valence-electron chi connectivity index (χ4n) is 2.09. The zero-order valence-corrected chi connectivity index (χ0v) is 12.6. The molecule has 1 aromatic carbocycles. The van der Waals surface area contributed by atoms with E-state index in [9.17, 15) is 9.59 Å². The average Bonchev–Trinajstić information content (AvgIpc) is 2.99. The van der Waals surface area contributed by atoms with Crippen molar-refractivity contribution in [2.75, 3.05) is 14.2 Å². The molecule has 0 unspecified atom stereocenters.